The summed E-state index contributed by atoms with van der Waals surface area (Å²) in [5, 5.41) is 3.12. The van der Waals surface area contributed by atoms with Gasteiger partial charge in [-0.15, -0.1) is 0 Å². The number of hydrogen-bond donors (Lipinski definition) is 2. The van der Waals surface area contributed by atoms with Crippen LogP contribution in [0.3, 0.4) is 0 Å². The standard InChI is InChI=1S/C14H26N2OS/c1-3-14(4-2,13(15)18)16-12(17)11-9-7-5-6-8-10-11/h11H,3-10H2,1-2H3,(H2,15,18)(H,16,17). The highest BCUT2D eigenvalue weighted by molar-refractivity contribution is 7.80. The summed E-state index contributed by atoms with van der Waals surface area (Å²) in [5.41, 5.74) is 5.33. The molecule has 0 atom stereocenters. The van der Waals surface area contributed by atoms with Crippen LogP contribution in [0.1, 0.15) is 65.2 Å². The summed E-state index contributed by atoms with van der Waals surface area (Å²) in [5.74, 6) is 0.299. The number of hydrogen-bond acceptors (Lipinski definition) is 2. The SMILES string of the molecule is CCC(CC)(NC(=O)C1CCCCCC1)C(N)=S. The molecule has 1 aliphatic rings. The molecule has 0 aromatic rings. The minimum Gasteiger partial charge on any atom is -0.391 e. The molecule has 0 unspecified atom stereocenters. The minimum absolute atomic E-state index is 0.147. The van der Waals surface area contributed by atoms with Gasteiger partial charge in [0.15, 0.2) is 0 Å². The summed E-state index contributed by atoms with van der Waals surface area (Å²) in [6.07, 6.45) is 8.37. The van der Waals surface area contributed by atoms with Gasteiger partial charge in [0.2, 0.25) is 5.91 Å². The fourth-order valence-electron chi connectivity index (χ4n) is 2.72. The van der Waals surface area contributed by atoms with Crippen molar-refractivity contribution in [2.75, 3.05) is 0 Å². The smallest absolute Gasteiger partial charge is 0.223 e. The van der Waals surface area contributed by atoms with E-state index < -0.39 is 5.54 Å². The van der Waals surface area contributed by atoms with Crippen LogP contribution in [0.4, 0.5) is 0 Å². The van der Waals surface area contributed by atoms with E-state index in [2.05, 4.69) is 5.32 Å². The van der Waals surface area contributed by atoms with Crippen LogP contribution in [0.15, 0.2) is 0 Å². The van der Waals surface area contributed by atoms with Gasteiger partial charge in [-0.25, -0.2) is 0 Å². The van der Waals surface area contributed by atoms with E-state index in [1.54, 1.807) is 0 Å². The van der Waals surface area contributed by atoms with Crippen LogP contribution >= 0.6 is 12.2 Å². The van der Waals surface area contributed by atoms with Crippen molar-refractivity contribution >= 4 is 23.1 Å². The fourth-order valence-corrected chi connectivity index (χ4v) is 3.06. The highest BCUT2D eigenvalue weighted by atomic mass is 32.1. The first-order valence-electron chi connectivity index (χ1n) is 7.17. The van der Waals surface area contributed by atoms with Crippen LogP contribution in [-0.4, -0.2) is 16.4 Å². The van der Waals surface area contributed by atoms with Gasteiger partial charge in [0.05, 0.1) is 10.5 Å². The summed E-state index contributed by atoms with van der Waals surface area (Å²) >= 11 is 5.14. The molecule has 0 radical (unpaired) electrons. The second kappa shape index (κ2) is 7.07. The Morgan fingerprint density at radius 3 is 2.11 bits per heavy atom. The van der Waals surface area contributed by atoms with Crippen molar-refractivity contribution in [2.45, 2.75) is 70.8 Å². The van der Waals surface area contributed by atoms with Crippen LogP contribution in [0, 0.1) is 5.92 Å². The van der Waals surface area contributed by atoms with Crippen molar-refractivity contribution in [3.63, 3.8) is 0 Å². The van der Waals surface area contributed by atoms with Gasteiger partial charge in [-0.2, -0.15) is 0 Å². The van der Waals surface area contributed by atoms with Crippen molar-refractivity contribution < 1.29 is 4.79 Å². The van der Waals surface area contributed by atoms with Crippen LogP contribution in [-0.2, 0) is 4.79 Å². The number of rotatable bonds is 5. The third-order valence-electron chi connectivity index (χ3n) is 4.27. The molecule has 1 rings (SSSR count). The third kappa shape index (κ3) is 3.67. The van der Waals surface area contributed by atoms with Gasteiger partial charge in [-0.1, -0.05) is 51.7 Å². The molecule has 0 heterocycles. The summed E-state index contributed by atoms with van der Waals surface area (Å²) < 4.78 is 0. The van der Waals surface area contributed by atoms with E-state index in [-0.39, 0.29) is 11.8 Å². The molecule has 104 valence electrons. The Hall–Kier alpha value is -0.640. The third-order valence-corrected chi connectivity index (χ3v) is 4.66. The summed E-state index contributed by atoms with van der Waals surface area (Å²) in [6, 6.07) is 0. The predicted octanol–water partition coefficient (Wildman–Crippen LogP) is 2.92. The van der Waals surface area contributed by atoms with Crippen molar-refractivity contribution in [3.05, 3.63) is 0 Å². The molecule has 0 aromatic carbocycles. The predicted molar refractivity (Wildman–Crippen MR) is 79.4 cm³/mol. The lowest BCUT2D eigenvalue weighted by molar-refractivity contribution is -0.126. The lowest BCUT2D eigenvalue weighted by Crippen LogP contribution is -2.57. The molecular weight excluding hydrogens is 244 g/mol. The van der Waals surface area contributed by atoms with E-state index in [1.165, 1.54) is 12.8 Å². The van der Waals surface area contributed by atoms with E-state index in [0.29, 0.717) is 4.99 Å². The molecule has 0 aromatic heterocycles. The largest absolute Gasteiger partial charge is 0.391 e. The molecule has 18 heavy (non-hydrogen) atoms. The second-order valence-electron chi connectivity index (χ2n) is 5.33. The van der Waals surface area contributed by atoms with E-state index in [4.69, 9.17) is 18.0 Å². The Morgan fingerprint density at radius 2 is 1.72 bits per heavy atom. The number of nitrogens with two attached hydrogens (primary N) is 1. The molecule has 0 bridgehead atoms. The lowest BCUT2D eigenvalue weighted by atomic mass is 9.90. The number of nitrogens with one attached hydrogen (secondary N) is 1. The molecule has 1 fully saturated rings. The zero-order valence-corrected chi connectivity index (χ0v) is 12.4. The van der Waals surface area contributed by atoms with Crippen molar-refractivity contribution in [1.29, 1.82) is 0 Å². The van der Waals surface area contributed by atoms with Gasteiger partial charge in [0.1, 0.15) is 0 Å². The average molecular weight is 270 g/mol. The van der Waals surface area contributed by atoms with Crippen molar-refractivity contribution in [1.82, 2.24) is 5.32 Å². The molecule has 1 aliphatic carbocycles. The first kappa shape index (κ1) is 15.4. The second-order valence-corrected chi connectivity index (χ2v) is 5.77. The summed E-state index contributed by atoms with van der Waals surface area (Å²) in [6.45, 7) is 4.05. The highest BCUT2D eigenvalue weighted by Gasteiger charge is 2.33. The molecule has 4 heteroatoms. The van der Waals surface area contributed by atoms with E-state index in [1.807, 2.05) is 13.8 Å². The molecule has 1 saturated carbocycles. The molecule has 3 N–H and O–H groups in total. The fraction of sp³-hybridized carbons (Fsp3) is 0.857. The Balaban J connectivity index is 2.68. The van der Waals surface area contributed by atoms with Crippen LogP contribution < -0.4 is 11.1 Å². The maximum Gasteiger partial charge on any atom is 0.223 e. The van der Waals surface area contributed by atoms with Gasteiger partial charge in [-0.3, -0.25) is 4.79 Å². The zero-order chi connectivity index (χ0) is 13.6. The molecular formula is C14H26N2OS. The van der Waals surface area contributed by atoms with Crippen molar-refractivity contribution in [3.8, 4) is 0 Å². The highest BCUT2D eigenvalue weighted by Crippen LogP contribution is 2.25. The molecule has 0 aliphatic heterocycles. The van der Waals surface area contributed by atoms with Crippen LogP contribution in [0.2, 0.25) is 0 Å². The molecule has 3 nitrogen and oxygen atoms in total. The van der Waals surface area contributed by atoms with Crippen LogP contribution in [0.5, 0.6) is 0 Å². The number of amides is 1. The average Bonchev–Trinajstić information content (AvgIpc) is 2.64. The number of carbonyl (C=O) groups is 1. The normalized spacial score (nSPS) is 18.1. The molecule has 1 amide bonds. The minimum atomic E-state index is -0.487. The Bertz CT molecular complexity index is 292. The summed E-state index contributed by atoms with van der Waals surface area (Å²) in [4.78, 5) is 12.8. The maximum atomic E-state index is 12.4. The number of carbonyl (C=O) groups excluding carboxylic acids is 1. The zero-order valence-electron chi connectivity index (χ0n) is 11.6. The first-order chi connectivity index (χ1) is 8.55. The van der Waals surface area contributed by atoms with Gasteiger partial charge < -0.3 is 11.1 Å². The molecule has 0 spiro atoms. The Kier molecular flexibility index (Phi) is 6.06. The molecule has 0 saturated heterocycles. The first-order valence-corrected chi connectivity index (χ1v) is 7.58. The monoisotopic (exact) mass is 270 g/mol. The van der Waals surface area contributed by atoms with Gasteiger partial charge >= 0.3 is 0 Å². The van der Waals surface area contributed by atoms with Gasteiger partial charge in [0.25, 0.3) is 0 Å². The Morgan fingerprint density at radius 1 is 1.22 bits per heavy atom. The van der Waals surface area contributed by atoms with E-state index >= 15 is 0 Å². The van der Waals surface area contributed by atoms with E-state index in [9.17, 15) is 4.79 Å². The topological polar surface area (TPSA) is 55.1 Å². The Labute approximate surface area is 116 Å². The van der Waals surface area contributed by atoms with E-state index in [0.717, 1.165) is 38.5 Å². The number of thiocarbonyl (C=S) groups is 1. The van der Waals surface area contributed by atoms with Gasteiger partial charge in [-0.05, 0) is 25.7 Å². The van der Waals surface area contributed by atoms with Crippen LogP contribution in [0.25, 0.3) is 0 Å². The van der Waals surface area contributed by atoms with Gasteiger partial charge in [0, 0.05) is 5.92 Å². The van der Waals surface area contributed by atoms with Crippen molar-refractivity contribution in [2.24, 2.45) is 11.7 Å². The quantitative estimate of drug-likeness (QED) is 0.596. The summed E-state index contributed by atoms with van der Waals surface area (Å²) in [7, 11) is 0. The lowest BCUT2D eigenvalue weighted by Gasteiger charge is -2.33. The maximum absolute atomic E-state index is 12.4.